The summed E-state index contributed by atoms with van der Waals surface area (Å²) in [6.45, 7) is 2.70. The van der Waals surface area contributed by atoms with E-state index < -0.39 is 21.5 Å². The number of thiazole rings is 1. The van der Waals surface area contributed by atoms with Gasteiger partial charge < -0.3 is 10.1 Å². The molecule has 0 bridgehead atoms. The molecule has 1 N–H and O–H groups in total. The molecule has 2 aromatic carbocycles. The zero-order chi connectivity index (χ0) is 20.9. The van der Waals surface area contributed by atoms with E-state index in [4.69, 9.17) is 16.3 Å². The van der Waals surface area contributed by atoms with Crippen molar-refractivity contribution in [1.29, 1.82) is 0 Å². The second-order valence-corrected chi connectivity index (χ2v) is 9.46. The molecule has 0 fully saturated rings. The van der Waals surface area contributed by atoms with Gasteiger partial charge in [-0.25, -0.2) is 13.4 Å². The molecular weight excluding hydrogens is 432 g/mol. The Kier molecular flexibility index (Phi) is 6.89. The van der Waals surface area contributed by atoms with Gasteiger partial charge in [0, 0.05) is 16.0 Å². The van der Waals surface area contributed by atoms with Crippen LogP contribution in [0.3, 0.4) is 0 Å². The third kappa shape index (κ3) is 5.79. The van der Waals surface area contributed by atoms with Gasteiger partial charge in [0.1, 0.15) is 11.5 Å². The number of carbonyl (C=O) groups is 1. The summed E-state index contributed by atoms with van der Waals surface area (Å²) in [7, 11) is -3.76. The van der Waals surface area contributed by atoms with E-state index in [9.17, 15) is 13.2 Å². The number of ether oxygens (including phenoxy) is 1. The van der Waals surface area contributed by atoms with Gasteiger partial charge in [-0.1, -0.05) is 18.5 Å². The number of halogens is 1. The molecule has 0 atom stereocenters. The highest BCUT2D eigenvalue weighted by atomic mass is 35.5. The number of hydrogen-bond acceptors (Lipinski definition) is 6. The predicted octanol–water partition coefficient (Wildman–Crippen LogP) is 4.66. The fraction of sp³-hybridized carbons (Fsp3) is 0.200. The summed E-state index contributed by atoms with van der Waals surface area (Å²) in [6, 6.07) is 13.2. The number of aromatic nitrogens is 1. The highest BCUT2D eigenvalue weighted by molar-refractivity contribution is 7.92. The maximum Gasteiger partial charge on any atom is 0.241 e. The molecule has 3 aromatic rings. The number of carbonyl (C=O) groups excluding carboxylic acids is 1. The van der Waals surface area contributed by atoms with Gasteiger partial charge in [0.25, 0.3) is 0 Å². The average molecular weight is 451 g/mol. The lowest BCUT2D eigenvalue weighted by molar-refractivity contribution is -0.113. The molecule has 6 nitrogen and oxygen atoms in total. The molecule has 1 heterocycles. The molecule has 0 spiro atoms. The number of sulfone groups is 1. The lowest BCUT2D eigenvalue weighted by atomic mass is 10.2. The first-order valence-corrected chi connectivity index (χ1v) is 11.8. The number of anilines is 1. The van der Waals surface area contributed by atoms with Gasteiger partial charge in [-0.15, -0.1) is 11.3 Å². The van der Waals surface area contributed by atoms with E-state index in [0.717, 1.165) is 17.7 Å². The van der Waals surface area contributed by atoms with Crippen LogP contribution in [-0.2, 0) is 14.6 Å². The molecule has 29 heavy (non-hydrogen) atoms. The Morgan fingerprint density at radius 2 is 1.83 bits per heavy atom. The van der Waals surface area contributed by atoms with Crippen LogP contribution in [0.4, 0.5) is 5.13 Å². The van der Waals surface area contributed by atoms with Crippen molar-refractivity contribution in [2.45, 2.75) is 18.2 Å². The maximum atomic E-state index is 12.3. The molecule has 0 saturated heterocycles. The smallest absolute Gasteiger partial charge is 0.241 e. The molecule has 0 aliphatic carbocycles. The SMILES string of the molecule is CCCOc1ccc(-c2csc(NC(=O)CS(=O)(=O)c3ccc(Cl)cc3)n2)cc1. The number of amides is 1. The fourth-order valence-corrected chi connectivity index (χ4v) is 4.46. The van der Waals surface area contributed by atoms with Crippen LogP contribution in [0.5, 0.6) is 5.75 Å². The van der Waals surface area contributed by atoms with Crippen molar-refractivity contribution in [2.75, 3.05) is 17.7 Å². The van der Waals surface area contributed by atoms with E-state index in [-0.39, 0.29) is 4.90 Å². The van der Waals surface area contributed by atoms with Gasteiger partial charge in [-0.2, -0.15) is 0 Å². The van der Waals surface area contributed by atoms with Crippen LogP contribution in [0.2, 0.25) is 5.02 Å². The molecule has 0 unspecified atom stereocenters. The monoisotopic (exact) mass is 450 g/mol. The highest BCUT2D eigenvalue weighted by Gasteiger charge is 2.20. The zero-order valence-electron chi connectivity index (χ0n) is 15.6. The van der Waals surface area contributed by atoms with Crippen LogP contribution < -0.4 is 10.1 Å². The Bertz CT molecular complexity index is 1080. The Morgan fingerprint density at radius 3 is 2.48 bits per heavy atom. The third-order valence-electron chi connectivity index (χ3n) is 3.87. The molecule has 0 saturated carbocycles. The number of rotatable bonds is 8. The van der Waals surface area contributed by atoms with Crippen LogP contribution in [0.15, 0.2) is 58.8 Å². The Balaban J connectivity index is 1.63. The average Bonchev–Trinajstić information content (AvgIpc) is 3.15. The van der Waals surface area contributed by atoms with E-state index in [1.54, 1.807) is 5.38 Å². The van der Waals surface area contributed by atoms with Crippen LogP contribution >= 0.6 is 22.9 Å². The summed E-state index contributed by atoms with van der Waals surface area (Å²) >= 11 is 7.00. The largest absolute Gasteiger partial charge is 0.494 e. The van der Waals surface area contributed by atoms with E-state index >= 15 is 0 Å². The number of nitrogens with zero attached hydrogens (tertiary/aromatic N) is 1. The summed E-state index contributed by atoms with van der Waals surface area (Å²) in [5.74, 6) is -0.538. The Labute approximate surface area is 178 Å². The number of benzene rings is 2. The minimum absolute atomic E-state index is 0.0438. The maximum absolute atomic E-state index is 12.3. The summed E-state index contributed by atoms with van der Waals surface area (Å²) < 4.78 is 30.2. The van der Waals surface area contributed by atoms with E-state index in [2.05, 4.69) is 10.3 Å². The minimum Gasteiger partial charge on any atom is -0.494 e. The molecule has 0 aliphatic heterocycles. The number of hydrogen-bond donors (Lipinski definition) is 1. The summed E-state index contributed by atoms with van der Waals surface area (Å²) in [5.41, 5.74) is 1.56. The van der Waals surface area contributed by atoms with Crippen molar-refractivity contribution in [3.63, 3.8) is 0 Å². The van der Waals surface area contributed by atoms with Crippen LogP contribution in [0.1, 0.15) is 13.3 Å². The van der Waals surface area contributed by atoms with Gasteiger partial charge >= 0.3 is 0 Å². The molecule has 0 aliphatic rings. The van der Waals surface area contributed by atoms with Crippen LogP contribution in [0, 0.1) is 0 Å². The van der Waals surface area contributed by atoms with Crippen molar-refractivity contribution in [2.24, 2.45) is 0 Å². The molecule has 1 aromatic heterocycles. The van der Waals surface area contributed by atoms with Crippen LogP contribution in [-0.4, -0.2) is 31.7 Å². The first kappa shape index (κ1) is 21.3. The summed E-state index contributed by atoms with van der Waals surface area (Å²) in [4.78, 5) is 16.6. The Hall–Kier alpha value is -2.42. The second kappa shape index (κ2) is 9.39. The van der Waals surface area contributed by atoms with Crippen LogP contribution in [0.25, 0.3) is 11.3 Å². The van der Waals surface area contributed by atoms with Crippen molar-refractivity contribution < 1.29 is 17.9 Å². The third-order valence-corrected chi connectivity index (χ3v) is 6.51. The zero-order valence-corrected chi connectivity index (χ0v) is 18.0. The molecule has 9 heteroatoms. The fourth-order valence-electron chi connectivity index (χ4n) is 2.46. The van der Waals surface area contributed by atoms with Crippen molar-refractivity contribution >= 4 is 43.8 Å². The van der Waals surface area contributed by atoms with Crippen molar-refractivity contribution in [1.82, 2.24) is 4.98 Å². The van der Waals surface area contributed by atoms with Gasteiger partial charge in [0.2, 0.25) is 5.91 Å². The first-order valence-electron chi connectivity index (χ1n) is 8.84. The quantitative estimate of drug-likeness (QED) is 0.539. The molecule has 1 amide bonds. The lowest BCUT2D eigenvalue weighted by Crippen LogP contribution is -2.22. The molecular formula is C20H19ClN2O4S2. The summed E-state index contributed by atoms with van der Waals surface area (Å²) in [6.07, 6.45) is 0.935. The standard InChI is InChI=1S/C20H19ClN2O4S2/c1-2-11-27-16-7-3-14(4-8-16)18-12-28-20(22-18)23-19(24)13-29(25,26)17-9-5-15(21)6-10-17/h3-10,12H,2,11,13H2,1H3,(H,22,23,24). The van der Waals surface area contributed by atoms with Gasteiger partial charge in [0.05, 0.1) is 17.2 Å². The minimum atomic E-state index is -3.76. The van der Waals surface area contributed by atoms with Crippen molar-refractivity contribution in [3.8, 4) is 17.0 Å². The van der Waals surface area contributed by atoms with E-state index in [0.29, 0.717) is 22.5 Å². The number of nitrogens with one attached hydrogen (secondary N) is 1. The normalized spacial score (nSPS) is 11.2. The lowest BCUT2D eigenvalue weighted by Gasteiger charge is -2.05. The topological polar surface area (TPSA) is 85.4 Å². The van der Waals surface area contributed by atoms with Gasteiger partial charge in [-0.05, 0) is 55.0 Å². The first-order chi connectivity index (χ1) is 13.9. The van der Waals surface area contributed by atoms with Crippen molar-refractivity contribution in [3.05, 3.63) is 58.9 Å². The van der Waals surface area contributed by atoms with Gasteiger partial charge in [0.15, 0.2) is 15.0 Å². The van der Waals surface area contributed by atoms with Gasteiger partial charge in [-0.3, -0.25) is 4.79 Å². The summed E-state index contributed by atoms with van der Waals surface area (Å²) in [5, 5.41) is 5.10. The van der Waals surface area contributed by atoms with E-state index in [1.165, 1.54) is 35.6 Å². The predicted molar refractivity (Wildman–Crippen MR) is 115 cm³/mol. The van der Waals surface area contributed by atoms with E-state index in [1.807, 2.05) is 31.2 Å². The molecule has 152 valence electrons. The Morgan fingerprint density at radius 1 is 1.14 bits per heavy atom. The molecule has 3 rings (SSSR count). The molecule has 0 radical (unpaired) electrons. The highest BCUT2D eigenvalue weighted by Crippen LogP contribution is 2.26. The second-order valence-electron chi connectivity index (χ2n) is 6.17.